The Labute approximate surface area is 141 Å². The van der Waals surface area contributed by atoms with Gasteiger partial charge in [-0.2, -0.15) is 18.3 Å². The van der Waals surface area contributed by atoms with E-state index in [0.717, 1.165) is 17.0 Å². The lowest BCUT2D eigenvalue weighted by molar-refractivity contribution is -0.137. The monoisotopic (exact) mass is 376 g/mol. The summed E-state index contributed by atoms with van der Waals surface area (Å²) in [6.07, 6.45) is -3.44. The molecule has 0 fully saturated rings. The minimum absolute atomic E-state index is 0.0228. The third-order valence-electron chi connectivity index (χ3n) is 3.59. The van der Waals surface area contributed by atoms with Crippen molar-refractivity contribution in [3.63, 3.8) is 0 Å². The standard InChI is InChI=1S/C15H15F3N2O4S/c1-8-13(14(22)20(2)19-8)11(7-21)10-5-4-9(15(16,17)18)6-12(10)25(3,23)24/h4-7,21-22H,1-3H3/b11-7+. The molecule has 1 heterocycles. The second kappa shape index (κ2) is 6.10. The van der Waals surface area contributed by atoms with Crippen molar-refractivity contribution in [1.29, 1.82) is 0 Å². The summed E-state index contributed by atoms with van der Waals surface area (Å²) in [5.74, 6) is -0.364. The number of hydrogen-bond donors (Lipinski definition) is 2. The first-order chi connectivity index (χ1) is 11.4. The van der Waals surface area contributed by atoms with E-state index in [0.29, 0.717) is 18.4 Å². The fraction of sp³-hybridized carbons (Fsp3) is 0.267. The molecule has 25 heavy (non-hydrogen) atoms. The first-order valence-electron chi connectivity index (χ1n) is 6.87. The Morgan fingerprint density at radius 3 is 2.32 bits per heavy atom. The number of aromatic hydroxyl groups is 1. The van der Waals surface area contributed by atoms with Crippen LogP contribution in [0.3, 0.4) is 0 Å². The lowest BCUT2D eigenvalue weighted by atomic mass is 9.98. The molecule has 0 amide bonds. The predicted octanol–water partition coefficient (Wildman–Crippen LogP) is 2.80. The van der Waals surface area contributed by atoms with Gasteiger partial charge in [0.2, 0.25) is 5.88 Å². The van der Waals surface area contributed by atoms with Crippen molar-refractivity contribution < 1.29 is 31.8 Å². The second-order valence-electron chi connectivity index (χ2n) is 5.43. The molecule has 0 spiro atoms. The molecule has 0 atom stereocenters. The van der Waals surface area contributed by atoms with Gasteiger partial charge in [0.25, 0.3) is 0 Å². The van der Waals surface area contributed by atoms with E-state index >= 15 is 0 Å². The Hall–Kier alpha value is -2.49. The molecule has 136 valence electrons. The zero-order valence-corrected chi connectivity index (χ0v) is 14.3. The Morgan fingerprint density at radius 1 is 1.32 bits per heavy atom. The van der Waals surface area contributed by atoms with Gasteiger partial charge in [-0.25, -0.2) is 13.1 Å². The average molecular weight is 376 g/mol. The third kappa shape index (κ3) is 3.48. The maximum Gasteiger partial charge on any atom is 0.416 e. The van der Waals surface area contributed by atoms with Crippen molar-refractivity contribution in [3.05, 3.63) is 46.8 Å². The number of aliphatic hydroxyl groups is 1. The van der Waals surface area contributed by atoms with Crippen LogP contribution < -0.4 is 0 Å². The van der Waals surface area contributed by atoms with E-state index in [1.165, 1.54) is 14.0 Å². The topological polar surface area (TPSA) is 92.4 Å². The van der Waals surface area contributed by atoms with Gasteiger partial charge in [0.05, 0.1) is 28.0 Å². The smallest absolute Gasteiger partial charge is 0.416 e. The molecule has 0 bridgehead atoms. The number of aryl methyl sites for hydroxylation is 2. The molecular formula is C15H15F3N2O4S. The highest BCUT2D eigenvalue weighted by molar-refractivity contribution is 7.90. The SMILES string of the molecule is Cc1nn(C)c(O)c1/C(=C/O)c1ccc(C(F)(F)F)cc1S(C)(=O)=O. The molecule has 0 aliphatic heterocycles. The summed E-state index contributed by atoms with van der Waals surface area (Å²) >= 11 is 0. The quantitative estimate of drug-likeness (QED) is 0.804. The number of alkyl halides is 3. The van der Waals surface area contributed by atoms with Crippen LogP contribution >= 0.6 is 0 Å². The van der Waals surface area contributed by atoms with Crippen molar-refractivity contribution in [2.75, 3.05) is 6.26 Å². The van der Waals surface area contributed by atoms with Crippen LogP contribution in [0.2, 0.25) is 0 Å². The van der Waals surface area contributed by atoms with E-state index in [1.807, 2.05) is 0 Å². The normalized spacial score (nSPS) is 13.3. The molecular weight excluding hydrogens is 361 g/mol. The highest BCUT2D eigenvalue weighted by Crippen LogP contribution is 2.38. The van der Waals surface area contributed by atoms with Gasteiger partial charge in [-0.3, -0.25) is 0 Å². The first-order valence-corrected chi connectivity index (χ1v) is 8.76. The largest absolute Gasteiger partial charge is 0.515 e. The summed E-state index contributed by atoms with van der Waals surface area (Å²) in [6, 6.07) is 2.14. The van der Waals surface area contributed by atoms with Gasteiger partial charge < -0.3 is 10.2 Å². The van der Waals surface area contributed by atoms with E-state index in [-0.39, 0.29) is 28.3 Å². The van der Waals surface area contributed by atoms with E-state index < -0.39 is 26.5 Å². The molecule has 0 unspecified atom stereocenters. The Kier molecular flexibility index (Phi) is 4.60. The minimum atomic E-state index is -4.73. The summed E-state index contributed by atoms with van der Waals surface area (Å²) in [4.78, 5) is -0.620. The van der Waals surface area contributed by atoms with Crippen LogP contribution in [-0.4, -0.2) is 34.7 Å². The molecule has 2 rings (SSSR count). The number of hydrogen-bond acceptors (Lipinski definition) is 5. The van der Waals surface area contributed by atoms with Crippen LogP contribution in [-0.2, 0) is 23.1 Å². The van der Waals surface area contributed by atoms with E-state index in [9.17, 15) is 31.8 Å². The molecule has 0 radical (unpaired) electrons. The van der Waals surface area contributed by atoms with Gasteiger partial charge in [-0.05, 0) is 19.1 Å². The van der Waals surface area contributed by atoms with Gasteiger partial charge in [0.15, 0.2) is 9.84 Å². The van der Waals surface area contributed by atoms with Gasteiger partial charge in [-0.15, -0.1) is 0 Å². The van der Waals surface area contributed by atoms with Gasteiger partial charge in [0.1, 0.15) is 0 Å². The molecule has 1 aromatic carbocycles. The van der Waals surface area contributed by atoms with Gasteiger partial charge in [0, 0.05) is 24.4 Å². The zero-order valence-electron chi connectivity index (χ0n) is 13.5. The van der Waals surface area contributed by atoms with Crippen molar-refractivity contribution in [2.45, 2.75) is 18.0 Å². The third-order valence-corrected chi connectivity index (χ3v) is 4.73. The molecule has 1 aromatic heterocycles. The van der Waals surface area contributed by atoms with E-state index in [4.69, 9.17) is 0 Å². The van der Waals surface area contributed by atoms with Crippen LogP contribution in [0.1, 0.15) is 22.4 Å². The van der Waals surface area contributed by atoms with Crippen molar-refractivity contribution in [2.24, 2.45) is 7.05 Å². The minimum Gasteiger partial charge on any atom is -0.515 e. The van der Waals surface area contributed by atoms with Gasteiger partial charge >= 0.3 is 6.18 Å². The molecule has 2 N–H and O–H groups in total. The number of aromatic nitrogens is 2. The Morgan fingerprint density at radius 2 is 1.92 bits per heavy atom. The highest BCUT2D eigenvalue weighted by Gasteiger charge is 2.33. The molecule has 0 aliphatic rings. The maximum absolute atomic E-state index is 12.9. The molecule has 2 aromatic rings. The Balaban J connectivity index is 2.81. The number of sulfone groups is 1. The zero-order chi connectivity index (χ0) is 19.2. The summed E-state index contributed by atoms with van der Waals surface area (Å²) in [5, 5.41) is 23.6. The number of benzene rings is 1. The molecule has 0 aliphatic carbocycles. The summed E-state index contributed by atoms with van der Waals surface area (Å²) in [7, 11) is -2.64. The Bertz CT molecular complexity index is 960. The van der Waals surface area contributed by atoms with Crippen molar-refractivity contribution in [3.8, 4) is 5.88 Å². The lowest BCUT2D eigenvalue weighted by Gasteiger charge is -2.14. The second-order valence-corrected chi connectivity index (χ2v) is 7.42. The number of rotatable bonds is 3. The molecule has 0 saturated carbocycles. The van der Waals surface area contributed by atoms with E-state index in [1.54, 1.807) is 0 Å². The summed E-state index contributed by atoms with van der Waals surface area (Å²) in [5.41, 5.74) is -1.18. The lowest BCUT2D eigenvalue weighted by Crippen LogP contribution is -2.10. The van der Waals surface area contributed by atoms with Crippen molar-refractivity contribution >= 4 is 15.4 Å². The molecule has 10 heteroatoms. The number of halogens is 3. The predicted molar refractivity (Wildman–Crippen MR) is 83.9 cm³/mol. The number of aliphatic hydroxyl groups excluding tert-OH is 1. The van der Waals surface area contributed by atoms with Crippen LogP contribution in [0, 0.1) is 6.92 Å². The van der Waals surface area contributed by atoms with Crippen LogP contribution in [0.25, 0.3) is 5.57 Å². The summed E-state index contributed by atoms with van der Waals surface area (Å²) in [6.45, 7) is 1.50. The molecule has 6 nitrogen and oxygen atoms in total. The fourth-order valence-corrected chi connectivity index (χ4v) is 3.38. The molecule has 0 saturated heterocycles. The maximum atomic E-state index is 12.9. The average Bonchev–Trinajstić information content (AvgIpc) is 2.72. The first kappa shape index (κ1) is 18.8. The van der Waals surface area contributed by atoms with Crippen LogP contribution in [0.4, 0.5) is 13.2 Å². The van der Waals surface area contributed by atoms with Crippen molar-refractivity contribution in [1.82, 2.24) is 9.78 Å². The van der Waals surface area contributed by atoms with Crippen LogP contribution in [0.5, 0.6) is 5.88 Å². The van der Waals surface area contributed by atoms with E-state index in [2.05, 4.69) is 5.10 Å². The fourth-order valence-electron chi connectivity index (χ4n) is 2.46. The van der Waals surface area contributed by atoms with Crippen LogP contribution in [0.15, 0.2) is 29.4 Å². The van der Waals surface area contributed by atoms with Gasteiger partial charge in [-0.1, -0.05) is 6.07 Å². The highest BCUT2D eigenvalue weighted by atomic mass is 32.2. The summed E-state index contributed by atoms with van der Waals surface area (Å²) < 4.78 is 63.8. The number of nitrogens with zero attached hydrogens (tertiary/aromatic N) is 2.